The first-order valence-corrected chi connectivity index (χ1v) is 10.1. The average molecular weight is 439 g/mol. The molecule has 0 saturated heterocycles. The molecule has 0 fully saturated rings. The van der Waals surface area contributed by atoms with Crippen molar-refractivity contribution in [3.63, 3.8) is 0 Å². The molecule has 2 aromatic heterocycles. The van der Waals surface area contributed by atoms with Crippen LogP contribution in [0.5, 0.6) is 0 Å². The topological polar surface area (TPSA) is 91.4 Å². The number of carbonyl (C=O) groups is 1. The van der Waals surface area contributed by atoms with Gasteiger partial charge in [-0.2, -0.15) is 0 Å². The lowest BCUT2D eigenvalue weighted by molar-refractivity contribution is 0.0474. The van der Waals surface area contributed by atoms with Crippen LogP contribution < -0.4 is 11.2 Å². The van der Waals surface area contributed by atoms with E-state index in [0.717, 1.165) is 5.56 Å². The summed E-state index contributed by atoms with van der Waals surface area (Å²) < 4.78 is 12.3. The molecule has 0 radical (unpaired) electrons. The molecule has 4 aromatic rings. The number of ether oxygens (including phenoxy) is 1. The quantitative estimate of drug-likeness (QED) is 0.351. The van der Waals surface area contributed by atoms with Gasteiger partial charge in [0, 0.05) is 28.6 Å². The zero-order valence-corrected chi connectivity index (χ0v) is 17.9. The second-order valence-corrected chi connectivity index (χ2v) is 7.62. The Labute approximate surface area is 181 Å². The molecule has 0 aliphatic carbocycles. The number of aryl methyl sites for hydroxylation is 3. The van der Waals surface area contributed by atoms with Crippen LogP contribution in [0.4, 0.5) is 0 Å². The molecule has 0 unspecified atom stereocenters. The third-order valence-corrected chi connectivity index (χ3v) is 5.54. The molecule has 0 saturated carbocycles. The Morgan fingerprint density at radius 2 is 1.94 bits per heavy atom. The first-order chi connectivity index (χ1) is 14.8. The average Bonchev–Trinajstić information content (AvgIpc) is 2.73. The van der Waals surface area contributed by atoms with Crippen LogP contribution in [0, 0.1) is 13.8 Å². The molecule has 0 N–H and O–H groups in total. The SMILES string of the molecule is CCn1c(=O)c(C)nc2cc(C(=O)OCc3cc(=O)oc4cc(C)c(Cl)cc34)ccc21. The van der Waals surface area contributed by atoms with Gasteiger partial charge in [0.15, 0.2) is 0 Å². The van der Waals surface area contributed by atoms with Crippen molar-refractivity contribution in [3.05, 3.63) is 84.6 Å². The minimum Gasteiger partial charge on any atom is -0.457 e. The Morgan fingerprint density at radius 3 is 2.68 bits per heavy atom. The van der Waals surface area contributed by atoms with Gasteiger partial charge in [0.2, 0.25) is 0 Å². The summed E-state index contributed by atoms with van der Waals surface area (Å²) in [6, 6.07) is 9.50. The van der Waals surface area contributed by atoms with Crippen LogP contribution in [0.1, 0.15) is 34.1 Å². The van der Waals surface area contributed by atoms with Gasteiger partial charge < -0.3 is 13.7 Å². The van der Waals surface area contributed by atoms with Crippen molar-refractivity contribution < 1.29 is 13.9 Å². The number of benzene rings is 2. The molecule has 4 rings (SSSR count). The highest BCUT2D eigenvalue weighted by molar-refractivity contribution is 6.32. The van der Waals surface area contributed by atoms with E-state index in [2.05, 4.69) is 4.98 Å². The van der Waals surface area contributed by atoms with Crippen LogP contribution in [0.25, 0.3) is 22.0 Å². The van der Waals surface area contributed by atoms with Gasteiger partial charge in [-0.15, -0.1) is 0 Å². The molecule has 8 heteroatoms. The predicted octanol–water partition coefficient (Wildman–Crippen LogP) is 4.15. The van der Waals surface area contributed by atoms with Gasteiger partial charge >= 0.3 is 11.6 Å². The van der Waals surface area contributed by atoms with Crippen LogP contribution in [0.3, 0.4) is 0 Å². The van der Waals surface area contributed by atoms with E-state index in [1.54, 1.807) is 41.8 Å². The summed E-state index contributed by atoms with van der Waals surface area (Å²) in [6.45, 7) is 5.68. The Morgan fingerprint density at radius 1 is 1.16 bits per heavy atom. The number of hydrogen-bond donors (Lipinski definition) is 0. The third kappa shape index (κ3) is 3.84. The van der Waals surface area contributed by atoms with Crippen molar-refractivity contribution >= 4 is 39.6 Å². The van der Waals surface area contributed by atoms with Crippen molar-refractivity contribution in [2.24, 2.45) is 0 Å². The first-order valence-electron chi connectivity index (χ1n) is 9.69. The van der Waals surface area contributed by atoms with Crippen molar-refractivity contribution in [2.75, 3.05) is 0 Å². The van der Waals surface area contributed by atoms with Crippen molar-refractivity contribution in [2.45, 2.75) is 33.9 Å². The summed E-state index contributed by atoms with van der Waals surface area (Å²) in [7, 11) is 0. The predicted molar refractivity (Wildman–Crippen MR) is 118 cm³/mol. The second-order valence-electron chi connectivity index (χ2n) is 7.21. The molecule has 158 valence electrons. The van der Waals surface area contributed by atoms with Gasteiger partial charge in [-0.25, -0.2) is 14.6 Å². The third-order valence-electron chi connectivity index (χ3n) is 5.13. The summed E-state index contributed by atoms with van der Waals surface area (Å²) in [5.41, 5.74) is 2.77. The van der Waals surface area contributed by atoms with E-state index in [1.165, 1.54) is 6.07 Å². The summed E-state index contributed by atoms with van der Waals surface area (Å²) in [5.74, 6) is -0.574. The molecule has 7 nitrogen and oxygen atoms in total. The minimum atomic E-state index is -0.574. The summed E-state index contributed by atoms with van der Waals surface area (Å²) in [5, 5.41) is 1.12. The van der Waals surface area contributed by atoms with Crippen LogP contribution >= 0.6 is 11.6 Å². The van der Waals surface area contributed by atoms with E-state index in [-0.39, 0.29) is 12.2 Å². The molecule has 0 amide bonds. The van der Waals surface area contributed by atoms with Gasteiger partial charge in [-0.1, -0.05) is 11.6 Å². The maximum Gasteiger partial charge on any atom is 0.338 e. The molecule has 0 bridgehead atoms. The molecule has 0 aliphatic rings. The monoisotopic (exact) mass is 438 g/mol. The zero-order chi connectivity index (χ0) is 22.3. The largest absolute Gasteiger partial charge is 0.457 e. The summed E-state index contributed by atoms with van der Waals surface area (Å²) in [4.78, 5) is 41.1. The highest BCUT2D eigenvalue weighted by atomic mass is 35.5. The fourth-order valence-electron chi connectivity index (χ4n) is 3.51. The van der Waals surface area contributed by atoms with Crippen molar-refractivity contribution in [1.82, 2.24) is 9.55 Å². The molecule has 0 spiro atoms. The van der Waals surface area contributed by atoms with E-state index in [9.17, 15) is 14.4 Å². The number of esters is 1. The smallest absolute Gasteiger partial charge is 0.338 e. The Kier molecular flexibility index (Phi) is 5.37. The number of halogens is 1. The van der Waals surface area contributed by atoms with E-state index in [4.69, 9.17) is 20.8 Å². The first kappa shape index (κ1) is 20.8. The molecule has 2 aromatic carbocycles. The number of hydrogen-bond acceptors (Lipinski definition) is 6. The molecule has 0 atom stereocenters. The maximum atomic E-state index is 12.7. The lowest BCUT2D eigenvalue weighted by Crippen LogP contribution is -2.23. The molecule has 0 aliphatic heterocycles. The van der Waals surface area contributed by atoms with Gasteiger partial charge in [0.05, 0.1) is 16.6 Å². The molecule has 31 heavy (non-hydrogen) atoms. The fraction of sp³-hybridized carbons (Fsp3) is 0.217. The fourth-order valence-corrected chi connectivity index (χ4v) is 3.67. The lowest BCUT2D eigenvalue weighted by Gasteiger charge is -2.11. The number of rotatable bonds is 4. The Bertz CT molecular complexity index is 1470. The lowest BCUT2D eigenvalue weighted by atomic mass is 10.1. The number of nitrogens with zero attached hydrogens (tertiary/aromatic N) is 2. The highest BCUT2D eigenvalue weighted by Gasteiger charge is 2.14. The normalized spacial score (nSPS) is 11.2. The standard InChI is InChI=1S/C23H19ClN2O5/c1-4-26-19-6-5-14(8-18(19)25-13(3)22(26)28)23(29)30-11-15-9-21(27)31-20-7-12(2)17(24)10-16(15)20/h5-10H,4,11H2,1-3H3. The molecular formula is C23H19ClN2O5. The zero-order valence-electron chi connectivity index (χ0n) is 17.2. The van der Waals surface area contributed by atoms with E-state index in [0.29, 0.717) is 50.4 Å². The van der Waals surface area contributed by atoms with Gasteiger partial charge in [0.25, 0.3) is 5.56 Å². The van der Waals surface area contributed by atoms with E-state index in [1.807, 2.05) is 13.8 Å². The van der Waals surface area contributed by atoms with Gasteiger partial charge in [-0.3, -0.25) is 4.79 Å². The van der Waals surface area contributed by atoms with Crippen LogP contribution in [-0.2, 0) is 17.9 Å². The Hall–Kier alpha value is -3.45. The molecule has 2 heterocycles. The number of fused-ring (bicyclic) bond motifs is 2. The number of aromatic nitrogens is 2. The van der Waals surface area contributed by atoms with Crippen LogP contribution in [-0.4, -0.2) is 15.5 Å². The van der Waals surface area contributed by atoms with Crippen LogP contribution in [0.15, 0.2) is 50.4 Å². The van der Waals surface area contributed by atoms with E-state index >= 15 is 0 Å². The minimum absolute atomic E-state index is 0.126. The summed E-state index contributed by atoms with van der Waals surface area (Å²) >= 11 is 6.20. The van der Waals surface area contributed by atoms with Crippen molar-refractivity contribution in [3.8, 4) is 0 Å². The highest BCUT2D eigenvalue weighted by Crippen LogP contribution is 2.26. The maximum absolute atomic E-state index is 12.7. The van der Waals surface area contributed by atoms with E-state index < -0.39 is 11.6 Å². The summed E-state index contributed by atoms with van der Waals surface area (Å²) in [6.07, 6.45) is 0. The van der Waals surface area contributed by atoms with Gasteiger partial charge in [-0.05, 0) is 56.7 Å². The molecular weight excluding hydrogens is 420 g/mol. The van der Waals surface area contributed by atoms with Gasteiger partial charge in [0.1, 0.15) is 17.9 Å². The number of carbonyl (C=O) groups excluding carboxylic acids is 1. The van der Waals surface area contributed by atoms with Crippen molar-refractivity contribution in [1.29, 1.82) is 0 Å². The second kappa shape index (κ2) is 8.00. The van der Waals surface area contributed by atoms with Crippen LogP contribution in [0.2, 0.25) is 5.02 Å². The Balaban J connectivity index is 1.66.